The molecular weight excluding hydrogens is 531 g/mol. The second-order valence-corrected chi connectivity index (χ2v) is 11.4. The Morgan fingerprint density at radius 1 is 1.08 bits per heavy atom. The fourth-order valence-electron chi connectivity index (χ4n) is 3.87. The van der Waals surface area contributed by atoms with Gasteiger partial charge >= 0.3 is 6.03 Å². The van der Waals surface area contributed by atoms with E-state index in [0.717, 1.165) is 34.5 Å². The first-order chi connectivity index (χ1) is 18.2. The Morgan fingerprint density at radius 2 is 1.82 bits per heavy atom. The number of nitrogens with zero attached hydrogens (tertiary/aromatic N) is 1. The molecule has 1 aliphatic carbocycles. The van der Waals surface area contributed by atoms with Crippen molar-refractivity contribution in [3.8, 4) is 0 Å². The molecule has 0 unspecified atom stereocenters. The molecule has 1 saturated carbocycles. The number of nitrogens with one attached hydrogen (secondary N) is 3. The van der Waals surface area contributed by atoms with E-state index in [4.69, 9.17) is 0 Å². The first kappa shape index (κ1) is 27.3. The maximum Gasteiger partial charge on any atom is 0.333 e. The van der Waals surface area contributed by atoms with E-state index in [1.807, 2.05) is 18.6 Å². The molecule has 0 spiro atoms. The molecule has 200 valence electrons. The van der Waals surface area contributed by atoms with Gasteiger partial charge in [0.05, 0.1) is 12.1 Å². The minimum Gasteiger partial charge on any atom is -0.385 e. The number of sulfonamides is 1. The van der Waals surface area contributed by atoms with Crippen molar-refractivity contribution < 1.29 is 27.2 Å². The van der Waals surface area contributed by atoms with Gasteiger partial charge in [-0.15, -0.1) is 11.3 Å². The van der Waals surface area contributed by atoms with Crippen LogP contribution in [-0.4, -0.2) is 32.8 Å². The van der Waals surface area contributed by atoms with Gasteiger partial charge in [-0.3, -0.25) is 9.59 Å². The van der Waals surface area contributed by atoms with Crippen LogP contribution < -0.4 is 20.3 Å². The smallest absolute Gasteiger partial charge is 0.333 e. The second-order valence-electron chi connectivity index (χ2n) is 8.57. The molecule has 0 radical (unpaired) electrons. The minimum atomic E-state index is -4.06. The summed E-state index contributed by atoms with van der Waals surface area (Å²) in [7, 11) is -4.06. The molecule has 1 aromatic heterocycles. The molecular formula is C26H27FN4O5S2. The van der Waals surface area contributed by atoms with Crippen molar-refractivity contribution in [1.29, 1.82) is 0 Å². The number of anilines is 3. The van der Waals surface area contributed by atoms with Gasteiger partial charge in [-0.2, -0.15) is 0 Å². The Balaban J connectivity index is 0.00000164. The molecule has 2 aliphatic rings. The Hall–Kier alpha value is -3.77. The van der Waals surface area contributed by atoms with Gasteiger partial charge in [-0.25, -0.2) is 27.2 Å². The third kappa shape index (κ3) is 6.03. The van der Waals surface area contributed by atoms with Crippen LogP contribution in [0.5, 0.6) is 0 Å². The molecule has 0 atom stereocenters. The molecule has 2 aromatic carbocycles. The lowest BCUT2D eigenvalue weighted by molar-refractivity contribution is -0.117. The molecule has 2 heterocycles. The number of urea groups is 1. The van der Waals surface area contributed by atoms with Crippen LogP contribution in [0.15, 0.2) is 58.1 Å². The summed E-state index contributed by atoms with van der Waals surface area (Å²) in [5, 5.41) is 7.10. The van der Waals surface area contributed by atoms with Gasteiger partial charge in [0.2, 0.25) is 5.91 Å². The van der Waals surface area contributed by atoms with Crippen LogP contribution in [0.1, 0.15) is 42.6 Å². The van der Waals surface area contributed by atoms with Gasteiger partial charge in [-0.1, -0.05) is 19.9 Å². The van der Waals surface area contributed by atoms with E-state index < -0.39 is 33.7 Å². The highest BCUT2D eigenvalue weighted by molar-refractivity contribution is 7.92. The summed E-state index contributed by atoms with van der Waals surface area (Å²) in [5.74, 6) is -1.49. The van der Waals surface area contributed by atoms with Crippen LogP contribution >= 0.6 is 11.3 Å². The third-order valence-electron chi connectivity index (χ3n) is 5.86. The van der Waals surface area contributed by atoms with Crippen LogP contribution in [0.4, 0.5) is 26.2 Å². The van der Waals surface area contributed by atoms with Gasteiger partial charge in [0, 0.05) is 23.5 Å². The summed E-state index contributed by atoms with van der Waals surface area (Å²) in [6.07, 6.45) is 2.33. The largest absolute Gasteiger partial charge is 0.385 e. The van der Waals surface area contributed by atoms with Crippen LogP contribution in [-0.2, 0) is 21.2 Å². The number of fused-ring (bicyclic) bond motifs is 1. The Bertz CT molecular complexity index is 1470. The summed E-state index contributed by atoms with van der Waals surface area (Å²) < 4.78 is 41.1. The number of rotatable bonds is 7. The zero-order chi connectivity index (χ0) is 27.4. The highest BCUT2D eigenvalue weighted by atomic mass is 32.2. The minimum absolute atomic E-state index is 0.0487. The first-order valence-electron chi connectivity index (χ1n) is 12.1. The topological polar surface area (TPSA) is 125 Å². The Morgan fingerprint density at radius 3 is 2.47 bits per heavy atom. The number of hydrogen-bond acceptors (Lipinski definition) is 7. The molecule has 4 amide bonds. The van der Waals surface area contributed by atoms with Gasteiger partial charge in [0.25, 0.3) is 15.9 Å². The van der Waals surface area contributed by atoms with Crippen molar-refractivity contribution in [2.75, 3.05) is 22.1 Å². The molecule has 0 bridgehead atoms. The summed E-state index contributed by atoms with van der Waals surface area (Å²) in [6, 6.07) is 10.3. The maximum absolute atomic E-state index is 15.0. The molecule has 1 fully saturated rings. The second kappa shape index (κ2) is 11.3. The lowest BCUT2D eigenvalue weighted by Gasteiger charge is -2.27. The monoisotopic (exact) mass is 558 g/mol. The third-order valence-corrected chi connectivity index (χ3v) is 8.58. The van der Waals surface area contributed by atoms with Crippen LogP contribution in [0, 0.1) is 11.7 Å². The normalized spacial score (nSPS) is 14.8. The summed E-state index contributed by atoms with van der Waals surface area (Å²) in [6.45, 7) is 4.84. The predicted octanol–water partition coefficient (Wildman–Crippen LogP) is 4.98. The molecule has 1 aliphatic heterocycles. The average Bonchev–Trinajstić information content (AvgIpc) is 3.53. The fraction of sp³-hybridized carbons (Fsp3) is 0.269. The van der Waals surface area contributed by atoms with Crippen molar-refractivity contribution in [3.63, 3.8) is 0 Å². The number of halogens is 1. The van der Waals surface area contributed by atoms with Crippen molar-refractivity contribution in [1.82, 2.24) is 4.72 Å². The summed E-state index contributed by atoms with van der Waals surface area (Å²) in [5.41, 5.74) is 1.40. The highest BCUT2D eigenvalue weighted by Crippen LogP contribution is 2.32. The van der Waals surface area contributed by atoms with Gasteiger partial charge in [0.1, 0.15) is 10.0 Å². The number of thiophene rings is 1. The lowest BCUT2D eigenvalue weighted by atomic mass is 9.97. The number of carbonyl (C=O) groups excluding carboxylic acids is 3. The number of carbonyl (C=O) groups is 3. The number of imide groups is 1. The van der Waals surface area contributed by atoms with E-state index >= 15 is 0 Å². The van der Waals surface area contributed by atoms with Crippen LogP contribution in [0.2, 0.25) is 0 Å². The number of amides is 4. The van der Waals surface area contributed by atoms with Crippen molar-refractivity contribution >= 4 is 56.3 Å². The Kier molecular flexibility index (Phi) is 8.12. The SMILES string of the molecule is CC.O=C(Nc1ccc(N2C(=O)Cc3cc(NCC4CC4)ccc3C2=O)c(F)c1)NS(=O)(=O)c1cccs1. The molecule has 9 nitrogen and oxygen atoms in total. The van der Waals surface area contributed by atoms with Crippen molar-refractivity contribution in [3.05, 3.63) is 70.9 Å². The molecule has 3 N–H and O–H groups in total. The zero-order valence-corrected chi connectivity index (χ0v) is 22.4. The summed E-state index contributed by atoms with van der Waals surface area (Å²) >= 11 is 0.937. The molecule has 3 aromatic rings. The number of benzene rings is 2. The first-order valence-corrected chi connectivity index (χ1v) is 14.5. The van der Waals surface area contributed by atoms with E-state index in [0.29, 0.717) is 17.0 Å². The van der Waals surface area contributed by atoms with E-state index in [1.54, 1.807) is 23.6 Å². The van der Waals surface area contributed by atoms with Crippen molar-refractivity contribution in [2.24, 2.45) is 5.92 Å². The molecule has 38 heavy (non-hydrogen) atoms. The van der Waals surface area contributed by atoms with E-state index in [2.05, 4.69) is 10.6 Å². The quantitative estimate of drug-likeness (QED) is 0.352. The molecule has 12 heteroatoms. The van der Waals surface area contributed by atoms with E-state index in [1.165, 1.54) is 37.1 Å². The summed E-state index contributed by atoms with van der Waals surface area (Å²) in [4.78, 5) is 38.8. The van der Waals surface area contributed by atoms with Gasteiger partial charge in [0.15, 0.2) is 0 Å². The van der Waals surface area contributed by atoms with Gasteiger partial charge < -0.3 is 10.6 Å². The lowest BCUT2D eigenvalue weighted by Crippen LogP contribution is -2.43. The Labute approximate surface area is 224 Å². The van der Waals surface area contributed by atoms with Crippen LogP contribution in [0.3, 0.4) is 0 Å². The molecule has 0 saturated heterocycles. The fourth-order valence-corrected chi connectivity index (χ4v) is 5.77. The maximum atomic E-state index is 15.0. The standard InChI is InChI=1S/C24H21FN4O5S2.C2H6/c25-19-12-17(27-24(32)28-36(33,34)22-2-1-9-35-22)6-8-20(19)29-21(30)11-15-10-16(26-13-14-3-4-14)5-7-18(15)23(29)31;1-2/h1-2,5-10,12,14,26H,3-4,11,13H2,(H2,27,28,32);1-2H3. The average molecular weight is 559 g/mol. The van der Waals surface area contributed by atoms with E-state index in [-0.39, 0.29) is 22.0 Å². The van der Waals surface area contributed by atoms with Crippen LogP contribution in [0.25, 0.3) is 0 Å². The van der Waals surface area contributed by atoms with E-state index in [9.17, 15) is 27.2 Å². The number of hydrogen-bond donors (Lipinski definition) is 3. The van der Waals surface area contributed by atoms with Crippen molar-refractivity contribution in [2.45, 2.75) is 37.3 Å². The highest BCUT2D eigenvalue weighted by Gasteiger charge is 2.34. The predicted molar refractivity (Wildman–Crippen MR) is 145 cm³/mol. The van der Waals surface area contributed by atoms with Gasteiger partial charge in [-0.05, 0) is 72.2 Å². The zero-order valence-electron chi connectivity index (χ0n) is 20.8. The molecule has 5 rings (SSSR count).